The molecule has 2 aromatic rings. The Kier molecular flexibility index (Phi) is 5.49. The number of rotatable bonds is 4. The first-order chi connectivity index (χ1) is 11.9. The standard InChI is InChI=1S/C16H15N3O4S2.Na/c1-6-10-9(7(2)20)14(21)19(10)11(15(22)23)12(6)24-16-18-8-4-3-5-17-13(8)25-16;/h3-7,9-10,20H,1-2H3,(H,22,23);/q;+1/p-1. The van der Waals surface area contributed by atoms with Gasteiger partial charge >= 0.3 is 29.6 Å². The first-order valence-electron chi connectivity index (χ1n) is 7.76. The number of aliphatic hydroxyl groups excluding tert-OH is 1. The zero-order valence-electron chi connectivity index (χ0n) is 14.4. The number of carbonyl (C=O) groups excluding carboxylic acids is 2. The predicted octanol–water partition coefficient (Wildman–Crippen LogP) is -2.39. The molecule has 4 rings (SSSR count). The van der Waals surface area contributed by atoms with Crippen molar-refractivity contribution < 1.29 is 49.4 Å². The Labute approximate surface area is 179 Å². The molecule has 1 saturated heterocycles. The molecule has 4 unspecified atom stereocenters. The van der Waals surface area contributed by atoms with Crippen molar-refractivity contribution in [2.75, 3.05) is 0 Å². The number of aromatic nitrogens is 2. The average molecular weight is 399 g/mol. The second-order valence-electron chi connectivity index (χ2n) is 6.16. The molecule has 0 bridgehead atoms. The van der Waals surface area contributed by atoms with Gasteiger partial charge in [-0.25, -0.2) is 9.97 Å². The van der Waals surface area contributed by atoms with E-state index >= 15 is 0 Å². The number of pyridine rings is 1. The molecule has 0 saturated carbocycles. The van der Waals surface area contributed by atoms with Crippen LogP contribution in [0.4, 0.5) is 0 Å². The van der Waals surface area contributed by atoms with Gasteiger partial charge in [-0.15, -0.1) is 0 Å². The molecular weight excluding hydrogens is 385 g/mol. The molecule has 0 aliphatic carbocycles. The van der Waals surface area contributed by atoms with Crippen molar-refractivity contribution in [3.8, 4) is 0 Å². The van der Waals surface area contributed by atoms with Crippen LogP contribution >= 0.6 is 23.1 Å². The van der Waals surface area contributed by atoms with E-state index in [2.05, 4.69) is 9.97 Å². The Bertz CT molecular complexity index is 896. The van der Waals surface area contributed by atoms with E-state index in [0.29, 0.717) is 9.24 Å². The maximum absolute atomic E-state index is 12.3. The van der Waals surface area contributed by atoms with E-state index in [1.165, 1.54) is 28.0 Å². The molecule has 1 N–H and O–H groups in total. The zero-order valence-corrected chi connectivity index (χ0v) is 18.0. The van der Waals surface area contributed by atoms with Crippen molar-refractivity contribution in [1.82, 2.24) is 14.9 Å². The number of β-lactam (4-membered cyclic amide) rings is 1. The summed E-state index contributed by atoms with van der Waals surface area (Å²) < 4.78 is 0.665. The van der Waals surface area contributed by atoms with Gasteiger partial charge in [-0.3, -0.25) is 4.79 Å². The Hall–Kier alpha value is -0.970. The molecule has 4 atom stereocenters. The van der Waals surface area contributed by atoms with Crippen LogP contribution in [0.25, 0.3) is 10.3 Å². The third-order valence-electron chi connectivity index (χ3n) is 4.65. The van der Waals surface area contributed by atoms with Gasteiger partial charge in [0.25, 0.3) is 0 Å². The van der Waals surface area contributed by atoms with Crippen LogP contribution < -0.4 is 34.7 Å². The van der Waals surface area contributed by atoms with Crippen molar-refractivity contribution in [1.29, 1.82) is 0 Å². The van der Waals surface area contributed by atoms with Gasteiger partial charge in [0.2, 0.25) is 5.91 Å². The minimum atomic E-state index is -1.38. The van der Waals surface area contributed by atoms with Crippen molar-refractivity contribution in [3.05, 3.63) is 28.9 Å². The summed E-state index contributed by atoms with van der Waals surface area (Å²) >= 11 is 2.61. The quantitative estimate of drug-likeness (QED) is 0.452. The number of amides is 1. The minimum Gasteiger partial charge on any atom is -0.543 e. The largest absolute Gasteiger partial charge is 1.00 e. The Morgan fingerprint density at radius 1 is 1.50 bits per heavy atom. The van der Waals surface area contributed by atoms with Crippen LogP contribution in [-0.4, -0.2) is 44.0 Å². The van der Waals surface area contributed by atoms with E-state index < -0.39 is 18.0 Å². The number of carbonyl (C=O) groups is 2. The molecule has 2 aliphatic heterocycles. The number of thiazole rings is 1. The monoisotopic (exact) mass is 399 g/mol. The van der Waals surface area contributed by atoms with Crippen molar-refractivity contribution >= 4 is 45.3 Å². The molecule has 2 aromatic heterocycles. The fraction of sp³-hybridized carbons (Fsp3) is 0.375. The van der Waals surface area contributed by atoms with Gasteiger partial charge in [-0.2, -0.15) is 0 Å². The van der Waals surface area contributed by atoms with E-state index in [9.17, 15) is 19.8 Å². The second kappa shape index (κ2) is 7.21. The van der Waals surface area contributed by atoms with Gasteiger partial charge in [0, 0.05) is 17.0 Å². The molecule has 1 fully saturated rings. The van der Waals surface area contributed by atoms with Crippen molar-refractivity contribution in [3.63, 3.8) is 0 Å². The molecular formula is C16H14N3NaO4S2. The molecule has 0 radical (unpaired) electrons. The fourth-order valence-electron chi connectivity index (χ4n) is 3.53. The van der Waals surface area contributed by atoms with Crippen molar-refractivity contribution in [2.45, 2.75) is 30.3 Å². The molecule has 1 amide bonds. The maximum Gasteiger partial charge on any atom is 1.00 e. The van der Waals surface area contributed by atoms with Crippen molar-refractivity contribution in [2.24, 2.45) is 11.8 Å². The van der Waals surface area contributed by atoms with Gasteiger partial charge in [-0.05, 0) is 19.1 Å². The third-order valence-corrected chi connectivity index (χ3v) is 6.97. The van der Waals surface area contributed by atoms with E-state index in [1.54, 1.807) is 19.2 Å². The first kappa shape index (κ1) is 19.8. The molecule has 7 nitrogen and oxygen atoms in total. The van der Waals surface area contributed by atoms with Crippen LogP contribution in [0.3, 0.4) is 0 Å². The topological polar surface area (TPSA) is 106 Å². The Morgan fingerprint density at radius 3 is 2.85 bits per heavy atom. The number of carboxylic acids is 1. The SMILES string of the molecule is CC(O)C1C(=O)N2C(C(=O)[O-])=C(Sc3nc4cccnc4s3)C(C)C12.[Na+]. The summed E-state index contributed by atoms with van der Waals surface area (Å²) in [6.45, 7) is 3.42. The number of hydrogen-bond acceptors (Lipinski definition) is 8. The van der Waals surface area contributed by atoms with Crippen LogP contribution in [0.2, 0.25) is 0 Å². The summed E-state index contributed by atoms with van der Waals surface area (Å²) in [5, 5.41) is 21.5. The molecule has 26 heavy (non-hydrogen) atoms. The second-order valence-corrected chi connectivity index (χ2v) is 8.43. The number of hydrogen-bond donors (Lipinski definition) is 1. The van der Waals surface area contributed by atoms with Gasteiger partial charge in [0.05, 0.1) is 29.7 Å². The normalized spacial score (nSPS) is 25.7. The summed E-state index contributed by atoms with van der Waals surface area (Å²) in [4.78, 5) is 35.2. The van der Waals surface area contributed by atoms with Gasteiger partial charge in [0.1, 0.15) is 10.3 Å². The van der Waals surface area contributed by atoms with Gasteiger partial charge in [-0.1, -0.05) is 30.0 Å². The van der Waals surface area contributed by atoms with Gasteiger partial charge in [0.15, 0.2) is 4.34 Å². The summed E-state index contributed by atoms with van der Waals surface area (Å²) in [5.74, 6) is -2.55. The van der Waals surface area contributed by atoms with E-state index in [1.807, 2.05) is 13.0 Å². The minimum absolute atomic E-state index is 0. The summed E-state index contributed by atoms with van der Waals surface area (Å²) in [6.07, 6.45) is 0.854. The number of aliphatic carboxylic acids is 1. The number of fused-ring (bicyclic) bond motifs is 2. The summed E-state index contributed by atoms with van der Waals surface area (Å²) in [6, 6.07) is 3.28. The average Bonchev–Trinajstić information content (AvgIpc) is 3.05. The molecule has 0 aromatic carbocycles. The van der Waals surface area contributed by atoms with E-state index in [4.69, 9.17) is 0 Å². The molecule has 0 spiro atoms. The number of thioether (sulfide) groups is 1. The number of aliphatic hydroxyl groups is 1. The molecule has 130 valence electrons. The smallest absolute Gasteiger partial charge is 0.543 e. The van der Waals surface area contributed by atoms with Crippen LogP contribution in [0.5, 0.6) is 0 Å². The maximum atomic E-state index is 12.3. The fourth-order valence-corrected chi connectivity index (χ4v) is 5.78. The third kappa shape index (κ3) is 2.90. The van der Waals surface area contributed by atoms with Crippen LogP contribution in [0.15, 0.2) is 33.3 Å². The van der Waals surface area contributed by atoms with Gasteiger partial charge < -0.3 is 19.9 Å². The van der Waals surface area contributed by atoms with Crippen LogP contribution in [0, 0.1) is 11.8 Å². The predicted molar refractivity (Wildman–Crippen MR) is 90.3 cm³/mol. The summed E-state index contributed by atoms with van der Waals surface area (Å²) in [5.41, 5.74) is 0.647. The molecule has 4 heterocycles. The van der Waals surface area contributed by atoms with Crippen LogP contribution in [-0.2, 0) is 9.59 Å². The number of nitrogens with zero attached hydrogens (tertiary/aromatic N) is 3. The zero-order chi connectivity index (χ0) is 17.9. The molecule has 2 aliphatic rings. The Balaban J connectivity index is 0.00000196. The van der Waals surface area contributed by atoms with E-state index in [0.717, 1.165) is 10.3 Å². The Morgan fingerprint density at radius 2 is 2.23 bits per heavy atom. The summed E-state index contributed by atoms with van der Waals surface area (Å²) in [7, 11) is 0. The molecule has 10 heteroatoms. The van der Waals surface area contributed by atoms with Crippen LogP contribution in [0.1, 0.15) is 13.8 Å². The first-order valence-corrected chi connectivity index (χ1v) is 9.39. The number of carboxylic acid groups (broad SMARTS) is 1. The van der Waals surface area contributed by atoms with E-state index in [-0.39, 0.29) is 53.1 Å².